The summed E-state index contributed by atoms with van der Waals surface area (Å²) in [5.74, 6) is -0.153. The fourth-order valence-electron chi connectivity index (χ4n) is 0.965. The predicted molar refractivity (Wildman–Crippen MR) is 54.5 cm³/mol. The van der Waals surface area contributed by atoms with Crippen molar-refractivity contribution in [2.24, 2.45) is 0 Å². The van der Waals surface area contributed by atoms with Crippen molar-refractivity contribution in [2.45, 2.75) is 6.92 Å². The molecule has 0 aliphatic carbocycles. The highest BCUT2D eigenvalue weighted by Crippen LogP contribution is 2.25. The number of hydrogen-bond donors (Lipinski definition) is 0. The van der Waals surface area contributed by atoms with Gasteiger partial charge in [0.25, 0.3) is 0 Å². The van der Waals surface area contributed by atoms with Crippen molar-refractivity contribution >= 4 is 39.6 Å². The van der Waals surface area contributed by atoms with Crippen LogP contribution in [0.3, 0.4) is 0 Å². The van der Waals surface area contributed by atoms with E-state index >= 15 is 0 Å². The first-order valence-corrected chi connectivity index (χ1v) is 4.68. The molecular weight excluding hydrogens is 255 g/mol. The fraction of sp³-hybridized carbons (Fsp3) is 0.111. The maximum Gasteiger partial charge on any atom is 0.160 e. The third-order valence-corrected chi connectivity index (χ3v) is 2.80. The topological polar surface area (TPSA) is 34.1 Å². The Morgan fingerprint density at radius 3 is 2.62 bits per heavy atom. The second kappa shape index (κ2) is 4.03. The largest absolute Gasteiger partial charge is 0.298 e. The molecule has 1 aromatic rings. The highest BCUT2D eigenvalue weighted by atomic mass is 79.9. The second-order valence-electron chi connectivity index (χ2n) is 2.53. The van der Waals surface area contributed by atoms with Crippen molar-refractivity contribution < 1.29 is 9.59 Å². The molecule has 0 saturated carbocycles. The zero-order valence-electron chi connectivity index (χ0n) is 6.80. The predicted octanol–water partition coefficient (Wildman–Crippen LogP) is 3.12. The molecule has 2 nitrogen and oxygen atoms in total. The lowest BCUT2D eigenvalue weighted by Gasteiger charge is -2.02. The van der Waals surface area contributed by atoms with E-state index in [1.165, 1.54) is 13.0 Å². The zero-order chi connectivity index (χ0) is 10.0. The molecule has 0 saturated heterocycles. The minimum atomic E-state index is -0.153. The van der Waals surface area contributed by atoms with E-state index in [9.17, 15) is 9.59 Å². The molecule has 0 amide bonds. The summed E-state index contributed by atoms with van der Waals surface area (Å²) >= 11 is 8.93. The van der Waals surface area contributed by atoms with Gasteiger partial charge in [-0.15, -0.1) is 0 Å². The lowest BCUT2D eigenvalue weighted by atomic mass is 10.1. The molecule has 0 N–H and O–H groups in total. The minimum absolute atomic E-state index is 0.153. The summed E-state index contributed by atoms with van der Waals surface area (Å²) in [6.07, 6.45) is 0.620. The second-order valence-corrected chi connectivity index (χ2v) is 3.79. The molecule has 0 bridgehead atoms. The van der Waals surface area contributed by atoms with Gasteiger partial charge in [0.1, 0.15) is 0 Å². The first-order valence-electron chi connectivity index (χ1n) is 3.51. The quantitative estimate of drug-likeness (QED) is 0.605. The number of rotatable bonds is 2. The van der Waals surface area contributed by atoms with Crippen molar-refractivity contribution in [2.75, 3.05) is 0 Å². The summed E-state index contributed by atoms with van der Waals surface area (Å²) in [6.45, 7) is 1.41. The van der Waals surface area contributed by atoms with Crippen LogP contribution < -0.4 is 0 Å². The van der Waals surface area contributed by atoms with Crippen molar-refractivity contribution in [1.29, 1.82) is 0 Å². The van der Waals surface area contributed by atoms with Crippen LogP contribution >= 0.6 is 27.5 Å². The lowest BCUT2D eigenvalue weighted by Crippen LogP contribution is -1.98. The van der Waals surface area contributed by atoms with Crippen LogP contribution in [0.1, 0.15) is 27.6 Å². The summed E-state index contributed by atoms with van der Waals surface area (Å²) < 4.78 is 0.616. The highest BCUT2D eigenvalue weighted by Gasteiger charge is 2.09. The van der Waals surface area contributed by atoms with E-state index in [1.54, 1.807) is 6.07 Å². The molecule has 0 aromatic heterocycles. The van der Waals surface area contributed by atoms with E-state index in [0.717, 1.165) is 0 Å². The van der Waals surface area contributed by atoms with Crippen molar-refractivity contribution in [3.8, 4) is 0 Å². The summed E-state index contributed by atoms with van der Waals surface area (Å²) in [7, 11) is 0. The Morgan fingerprint density at radius 2 is 2.15 bits per heavy atom. The van der Waals surface area contributed by atoms with Gasteiger partial charge in [0, 0.05) is 15.6 Å². The van der Waals surface area contributed by atoms with Gasteiger partial charge in [0.05, 0.1) is 5.02 Å². The van der Waals surface area contributed by atoms with Crippen LogP contribution in [0.25, 0.3) is 0 Å². The van der Waals surface area contributed by atoms with E-state index in [2.05, 4.69) is 15.9 Å². The molecular formula is C9H6BrClO2. The van der Waals surface area contributed by atoms with Gasteiger partial charge >= 0.3 is 0 Å². The third-order valence-electron chi connectivity index (χ3n) is 1.60. The maximum absolute atomic E-state index is 11.1. The zero-order valence-corrected chi connectivity index (χ0v) is 9.15. The lowest BCUT2D eigenvalue weighted by molar-refractivity contribution is 0.100. The van der Waals surface area contributed by atoms with Crippen LogP contribution in [0.5, 0.6) is 0 Å². The molecule has 0 unspecified atom stereocenters. The van der Waals surface area contributed by atoms with E-state index in [-0.39, 0.29) is 5.78 Å². The molecule has 4 heteroatoms. The Morgan fingerprint density at radius 1 is 1.54 bits per heavy atom. The number of halogens is 2. The Bertz CT molecular complexity index is 374. The van der Waals surface area contributed by atoms with E-state index < -0.39 is 0 Å². The number of ketones is 1. The molecule has 13 heavy (non-hydrogen) atoms. The van der Waals surface area contributed by atoms with Gasteiger partial charge in [-0.2, -0.15) is 0 Å². The first kappa shape index (κ1) is 10.4. The number of aldehydes is 1. The van der Waals surface area contributed by atoms with Gasteiger partial charge in [-0.25, -0.2) is 0 Å². The van der Waals surface area contributed by atoms with Crippen LogP contribution in [0.15, 0.2) is 16.6 Å². The Hall–Kier alpha value is -0.670. The van der Waals surface area contributed by atoms with Crippen LogP contribution in [0.2, 0.25) is 5.02 Å². The van der Waals surface area contributed by atoms with Gasteiger partial charge in [0.2, 0.25) is 0 Å². The molecule has 0 spiro atoms. The summed E-state index contributed by atoms with van der Waals surface area (Å²) in [6, 6.07) is 3.02. The Balaban J connectivity index is 3.41. The number of Topliss-reactive ketones (excluding diaryl/α,β-unsaturated/α-hetero) is 1. The van der Waals surface area contributed by atoms with E-state index in [1.807, 2.05) is 0 Å². The number of carbonyl (C=O) groups is 2. The molecule has 1 aromatic carbocycles. The van der Waals surface area contributed by atoms with Gasteiger partial charge in [0.15, 0.2) is 12.1 Å². The van der Waals surface area contributed by atoms with Crippen LogP contribution in [0.4, 0.5) is 0 Å². The molecule has 0 aliphatic rings. The normalized spacial score (nSPS) is 9.77. The smallest absolute Gasteiger partial charge is 0.160 e. The van der Waals surface area contributed by atoms with Gasteiger partial charge in [-0.1, -0.05) is 11.6 Å². The summed E-state index contributed by atoms with van der Waals surface area (Å²) in [5.41, 5.74) is 0.701. The van der Waals surface area contributed by atoms with E-state index in [0.29, 0.717) is 26.9 Å². The molecule has 1 rings (SSSR count). The third kappa shape index (κ3) is 2.17. The minimum Gasteiger partial charge on any atom is -0.298 e. The molecule has 0 atom stereocenters. The standard InChI is InChI=1S/C9H6BrClO2/c1-5(13)7-3-8(10)9(11)2-6(7)4-12/h2-4H,1H3. The van der Waals surface area contributed by atoms with E-state index in [4.69, 9.17) is 11.6 Å². The van der Waals surface area contributed by atoms with Crippen LogP contribution in [-0.4, -0.2) is 12.1 Å². The van der Waals surface area contributed by atoms with Gasteiger partial charge in [-0.05, 0) is 35.0 Å². The van der Waals surface area contributed by atoms with Crippen molar-refractivity contribution in [3.05, 3.63) is 32.8 Å². The number of benzene rings is 1. The molecule has 68 valence electrons. The first-order chi connectivity index (χ1) is 6.06. The highest BCUT2D eigenvalue weighted by molar-refractivity contribution is 9.10. The average molecular weight is 262 g/mol. The van der Waals surface area contributed by atoms with Gasteiger partial charge in [-0.3, -0.25) is 9.59 Å². The van der Waals surface area contributed by atoms with Gasteiger partial charge < -0.3 is 0 Å². The Labute approximate surface area is 89.0 Å². The molecule has 0 heterocycles. The average Bonchev–Trinajstić information content (AvgIpc) is 2.08. The summed E-state index contributed by atoms with van der Waals surface area (Å²) in [4.78, 5) is 21.6. The van der Waals surface area contributed by atoms with Crippen molar-refractivity contribution in [3.63, 3.8) is 0 Å². The summed E-state index contributed by atoms with van der Waals surface area (Å²) in [5, 5.41) is 0.423. The SMILES string of the molecule is CC(=O)c1cc(Br)c(Cl)cc1C=O. The number of hydrogen-bond acceptors (Lipinski definition) is 2. The molecule has 0 aliphatic heterocycles. The van der Waals surface area contributed by atoms with Crippen LogP contribution in [-0.2, 0) is 0 Å². The molecule has 0 radical (unpaired) electrons. The van der Waals surface area contributed by atoms with Crippen molar-refractivity contribution in [1.82, 2.24) is 0 Å². The fourth-order valence-corrected chi connectivity index (χ4v) is 1.48. The maximum atomic E-state index is 11.1. The van der Waals surface area contributed by atoms with Crippen LogP contribution in [0, 0.1) is 0 Å². The Kier molecular flexibility index (Phi) is 3.22. The molecule has 0 fully saturated rings. The number of carbonyl (C=O) groups excluding carboxylic acids is 2. The monoisotopic (exact) mass is 260 g/mol.